The van der Waals surface area contributed by atoms with Crippen LogP contribution in [0.3, 0.4) is 0 Å². The van der Waals surface area contributed by atoms with E-state index in [1.807, 2.05) is 0 Å². The maximum atomic E-state index is 12.4. The summed E-state index contributed by atoms with van der Waals surface area (Å²) in [5.74, 6) is -0.162. The molecule has 2 aromatic rings. The Morgan fingerprint density at radius 2 is 2.04 bits per heavy atom. The van der Waals surface area contributed by atoms with Gasteiger partial charge in [-0.1, -0.05) is 40.9 Å². The fourth-order valence-corrected chi connectivity index (χ4v) is 3.57. The summed E-state index contributed by atoms with van der Waals surface area (Å²) in [6.07, 6.45) is 3.30. The van der Waals surface area contributed by atoms with E-state index >= 15 is 0 Å². The van der Waals surface area contributed by atoms with Crippen molar-refractivity contribution < 1.29 is 4.79 Å². The van der Waals surface area contributed by atoms with Crippen molar-refractivity contribution in [2.45, 2.75) is 0 Å². The second-order valence-corrected chi connectivity index (χ2v) is 7.06. The van der Waals surface area contributed by atoms with Crippen molar-refractivity contribution in [1.29, 1.82) is 0 Å². The van der Waals surface area contributed by atoms with Crippen molar-refractivity contribution in [2.24, 2.45) is 4.99 Å². The number of aromatic nitrogens is 1. The lowest BCUT2D eigenvalue weighted by molar-refractivity contribution is -0.121. The summed E-state index contributed by atoms with van der Waals surface area (Å²) in [4.78, 5) is 22.8. The van der Waals surface area contributed by atoms with Crippen molar-refractivity contribution in [3.05, 3.63) is 62.2 Å². The third-order valence-corrected chi connectivity index (χ3v) is 5.12. The van der Waals surface area contributed by atoms with E-state index in [1.165, 1.54) is 16.7 Å². The van der Waals surface area contributed by atoms with Crippen LogP contribution in [0, 0.1) is 0 Å². The Labute approximate surface area is 158 Å². The molecule has 0 radical (unpaired) electrons. The minimum Gasteiger partial charge on any atom is -0.290 e. The minimum atomic E-state index is -0.162. The zero-order valence-electron chi connectivity index (χ0n) is 12.3. The molecule has 3 rings (SSSR count). The van der Waals surface area contributed by atoms with Crippen LogP contribution in [0.15, 0.2) is 46.4 Å². The van der Waals surface area contributed by atoms with Gasteiger partial charge in [-0.15, -0.1) is 0 Å². The lowest BCUT2D eigenvalue weighted by atomic mass is 10.2. The Hall–Kier alpha value is -1.53. The van der Waals surface area contributed by atoms with Gasteiger partial charge in [0.15, 0.2) is 10.3 Å². The van der Waals surface area contributed by atoms with Crippen LogP contribution in [-0.4, -0.2) is 28.0 Å². The number of halogens is 3. The number of nitrogens with zero attached hydrogens (tertiary/aromatic N) is 3. The molecular weight excluding hydrogens is 389 g/mol. The first-order valence-corrected chi connectivity index (χ1v) is 8.72. The van der Waals surface area contributed by atoms with Gasteiger partial charge in [0.2, 0.25) is 0 Å². The molecule has 0 atom stereocenters. The van der Waals surface area contributed by atoms with E-state index in [-0.39, 0.29) is 11.1 Å². The number of likely N-dealkylation sites (N-methyl/N-ethyl adjacent to an activating group) is 1. The number of amides is 1. The van der Waals surface area contributed by atoms with E-state index in [1.54, 1.807) is 49.7 Å². The average molecular weight is 399 g/mol. The van der Waals surface area contributed by atoms with E-state index in [0.29, 0.717) is 31.4 Å². The number of hydrogen-bond acceptors (Lipinski definition) is 4. The van der Waals surface area contributed by atoms with Gasteiger partial charge in [0.05, 0.1) is 4.91 Å². The first-order valence-electron chi connectivity index (χ1n) is 6.77. The lowest BCUT2D eigenvalue weighted by Crippen LogP contribution is -2.23. The lowest BCUT2D eigenvalue weighted by Gasteiger charge is -2.07. The highest BCUT2D eigenvalue weighted by molar-refractivity contribution is 8.18. The van der Waals surface area contributed by atoms with Crippen molar-refractivity contribution in [3.63, 3.8) is 0 Å². The van der Waals surface area contributed by atoms with Gasteiger partial charge in [0.25, 0.3) is 5.91 Å². The van der Waals surface area contributed by atoms with Crippen molar-refractivity contribution in [2.75, 3.05) is 7.05 Å². The largest absolute Gasteiger partial charge is 0.290 e. The summed E-state index contributed by atoms with van der Waals surface area (Å²) in [5, 5.41) is 1.82. The maximum Gasteiger partial charge on any atom is 0.266 e. The van der Waals surface area contributed by atoms with Crippen LogP contribution in [-0.2, 0) is 4.79 Å². The molecule has 0 unspecified atom stereocenters. The summed E-state index contributed by atoms with van der Waals surface area (Å²) in [5.41, 5.74) is 1.22. The van der Waals surface area contributed by atoms with E-state index in [2.05, 4.69) is 9.98 Å². The molecule has 0 bridgehead atoms. The normalized spacial score (nSPS) is 18.0. The molecular formula is C16H10Cl3N3OS. The summed E-state index contributed by atoms with van der Waals surface area (Å²) >= 11 is 19.3. The molecule has 0 saturated carbocycles. The van der Waals surface area contributed by atoms with Gasteiger partial charge in [-0.2, -0.15) is 0 Å². The molecule has 24 heavy (non-hydrogen) atoms. The summed E-state index contributed by atoms with van der Waals surface area (Å²) in [6, 6.07) is 8.58. The number of thioether (sulfide) groups is 1. The number of rotatable bonds is 2. The van der Waals surface area contributed by atoms with E-state index in [0.717, 1.165) is 0 Å². The number of aliphatic imine (C=N–C) groups is 1. The number of carbonyl (C=O) groups is 1. The summed E-state index contributed by atoms with van der Waals surface area (Å²) < 4.78 is 0. The Morgan fingerprint density at radius 1 is 1.25 bits per heavy atom. The van der Waals surface area contributed by atoms with Crippen molar-refractivity contribution >= 4 is 69.4 Å². The molecule has 122 valence electrons. The molecule has 1 aliphatic heterocycles. The molecule has 1 aliphatic rings. The first kappa shape index (κ1) is 17.3. The molecule has 0 N–H and O–H groups in total. The molecule has 4 nitrogen and oxygen atoms in total. The van der Waals surface area contributed by atoms with Crippen LogP contribution in [0.4, 0.5) is 5.69 Å². The number of hydrogen-bond donors (Lipinski definition) is 0. The quantitative estimate of drug-likeness (QED) is 0.511. The van der Waals surface area contributed by atoms with Gasteiger partial charge in [0.1, 0.15) is 5.69 Å². The molecule has 0 spiro atoms. The number of carbonyl (C=O) groups excluding carboxylic acids is 1. The molecule has 1 aromatic carbocycles. The Bertz CT molecular complexity index is 883. The van der Waals surface area contributed by atoms with E-state index < -0.39 is 0 Å². The Kier molecular flexibility index (Phi) is 5.15. The van der Waals surface area contributed by atoms with Crippen molar-refractivity contribution in [1.82, 2.24) is 9.88 Å². The monoisotopic (exact) mass is 397 g/mol. The Balaban J connectivity index is 1.94. The van der Waals surface area contributed by atoms with Crippen molar-refractivity contribution in [3.8, 4) is 0 Å². The third kappa shape index (κ3) is 3.59. The Morgan fingerprint density at radius 3 is 2.75 bits per heavy atom. The number of amidine groups is 1. The third-order valence-electron chi connectivity index (χ3n) is 3.21. The zero-order valence-corrected chi connectivity index (χ0v) is 15.4. The second kappa shape index (κ2) is 7.15. The van der Waals surface area contributed by atoms with Crippen LogP contribution in [0.25, 0.3) is 6.08 Å². The zero-order chi connectivity index (χ0) is 17.3. The molecule has 0 aliphatic carbocycles. The molecule has 1 aromatic heterocycles. The topological polar surface area (TPSA) is 45.6 Å². The van der Waals surface area contributed by atoms with Crippen LogP contribution >= 0.6 is 46.6 Å². The molecule has 1 amide bonds. The van der Waals surface area contributed by atoms with Gasteiger partial charge >= 0.3 is 0 Å². The van der Waals surface area contributed by atoms with Crippen LogP contribution in [0.5, 0.6) is 0 Å². The van der Waals surface area contributed by atoms with Gasteiger partial charge in [-0.25, -0.2) is 9.98 Å². The fraction of sp³-hybridized carbons (Fsp3) is 0.0625. The molecule has 8 heteroatoms. The molecule has 1 saturated heterocycles. The van der Waals surface area contributed by atoms with Gasteiger partial charge in [0, 0.05) is 23.3 Å². The standard InChI is InChI=1S/C16H10Cl3N3OS/c1-22-15(23)13(7-9-4-5-10(17)8-11(9)18)24-16(22)21-12-3-2-6-20-14(12)19/h2-8H,1H3/b13-7-,21-16?. The van der Waals surface area contributed by atoms with E-state index in [4.69, 9.17) is 34.8 Å². The molecule has 1 fully saturated rings. The maximum absolute atomic E-state index is 12.4. The fourth-order valence-electron chi connectivity index (χ4n) is 1.98. The highest BCUT2D eigenvalue weighted by Crippen LogP contribution is 2.35. The van der Waals surface area contributed by atoms with Crippen LogP contribution < -0.4 is 0 Å². The molecule has 2 heterocycles. The number of pyridine rings is 1. The summed E-state index contributed by atoms with van der Waals surface area (Å²) in [6.45, 7) is 0. The first-order chi connectivity index (χ1) is 11.5. The van der Waals surface area contributed by atoms with Gasteiger partial charge in [-0.3, -0.25) is 9.69 Å². The smallest absolute Gasteiger partial charge is 0.266 e. The van der Waals surface area contributed by atoms with Crippen LogP contribution in [0.1, 0.15) is 5.56 Å². The highest BCUT2D eigenvalue weighted by atomic mass is 35.5. The number of benzene rings is 1. The predicted octanol–water partition coefficient (Wildman–Crippen LogP) is 5.28. The van der Waals surface area contributed by atoms with Crippen LogP contribution in [0.2, 0.25) is 15.2 Å². The van der Waals surface area contributed by atoms with E-state index in [9.17, 15) is 4.79 Å². The SMILES string of the molecule is CN1C(=O)/C(=C/c2ccc(Cl)cc2Cl)SC1=Nc1cccnc1Cl. The highest BCUT2D eigenvalue weighted by Gasteiger charge is 2.30. The minimum absolute atomic E-state index is 0.162. The summed E-state index contributed by atoms with van der Waals surface area (Å²) in [7, 11) is 1.66. The predicted molar refractivity (Wildman–Crippen MR) is 101 cm³/mol. The second-order valence-electron chi connectivity index (χ2n) is 4.85. The van der Waals surface area contributed by atoms with Gasteiger partial charge in [-0.05, 0) is 47.7 Å². The van der Waals surface area contributed by atoms with Gasteiger partial charge < -0.3 is 0 Å². The average Bonchev–Trinajstić information content (AvgIpc) is 2.80.